The molecule has 0 aliphatic carbocycles. The van der Waals surface area contributed by atoms with Crippen LogP contribution in [-0.2, 0) is 4.74 Å². The highest BCUT2D eigenvalue weighted by Gasteiger charge is 2.20. The predicted molar refractivity (Wildman–Crippen MR) is 66.6 cm³/mol. The van der Waals surface area contributed by atoms with E-state index in [1.165, 1.54) is 0 Å². The third-order valence-corrected chi connectivity index (χ3v) is 3.75. The van der Waals surface area contributed by atoms with Gasteiger partial charge in [-0.3, -0.25) is 4.99 Å². The molecule has 2 nitrogen and oxygen atoms in total. The minimum atomic E-state index is -0.164. The van der Waals surface area contributed by atoms with Crippen molar-refractivity contribution < 1.29 is 4.74 Å². The summed E-state index contributed by atoms with van der Waals surface area (Å²) in [6.07, 6.45) is 4.40. The molecule has 0 aromatic rings. The third-order valence-electron chi connectivity index (χ3n) is 2.57. The third kappa shape index (κ3) is 5.11. The highest BCUT2D eigenvalue weighted by Crippen LogP contribution is 2.13. The molecular weight excluding hydrogens is 242 g/mol. The fourth-order valence-electron chi connectivity index (χ4n) is 1.06. The Morgan fingerprint density at radius 2 is 2.00 bits per heavy atom. The van der Waals surface area contributed by atoms with Gasteiger partial charge in [0.2, 0.25) is 0 Å². The second kappa shape index (κ2) is 7.41. The van der Waals surface area contributed by atoms with Gasteiger partial charge in [-0.1, -0.05) is 29.8 Å². The van der Waals surface area contributed by atoms with Crippen LogP contribution in [0.25, 0.3) is 0 Å². The number of methoxy groups -OCH3 is 1. The maximum Gasteiger partial charge on any atom is 0.0940 e. The van der Waals surface area contributed by atoms with Crippen LogP contribution in [0, 0.1) is 5.92 Å². The van der Waals surface area contributed by atoms with Gasteiger partial charge in [0.15, 0.2) is 0 Å². The van der Waals surface area contributed by atoms with Gasteiger partial charge in [-0.25, -0.2) is 0 Å². The van der Waals surface area contributed by atoms with Crippen molar-refractivity contribution in [3.8, 4) is 0 Å². The number of halogens is 1. The zero-order valence-electron chi connectivity index (χ0n) is 9.72. The summed E-state index contributed by atoms with van der Waals surface area (Å²) in [5.41, 5.74) is -0.164. The van der Waals surface area contributed by atoms with Crippen LogP contribution in [0.4, 0.5) is 0 Å². The minimum absolute atomic E-state index is 0.164. The van der Waals surface area contributed by atoms with Crippen LogP contribution in [0.3, 0.4) is 0 Å². The van der Waals surface area contributed by atoms with E-state index >= 15 is 0 Å². The molecule has 1 unspecified atom stereocenters. The smallest absolute Gasteiger partial charge is 0.0940 e. The lowest BCUT2D eigenvalue weighted by Gasteiger charge is -2.23. The zero-order chi connectivity index (χ0) is 11.0. The topological polar surface area (TPSA) is 21.6 Å². The lowest BCUT2D eigenvalue weighted by molar-refractivity contribution is 0.0365. The Bertz CT molecular complexity index is 163. The average molecular weight is 264 g/mol. The van der Waals surface area contributed by atoms with E-state index in [1.807, 2.05) is 0 Å². The molecule has 3 heteroatoms. The van der Waals surface area contributed by atoms with Crippen LogP contribution in [0.5, 0.6) is 0 Å². The number of hydrogen-bond acceptors (Lipinski definition) is 2. The van der Waals surface area contributed by atoms with Crippen LogP contribution in [-0.4, -0.2) is 30.8 Å². The molecule has 0 aromatic heterocycles. The Labute approximate surface area is 96.3 Å². The maximum atomic E-state index is 5.38. The lowest BCUT2D eigenvalue weighted by Crippen LogP contribution is -2.33. The van der Waals surface area contributed by atoms with Gasteiger partial charge < -0.3 is 4.74 Å². The summed E-state index contributed by atoms with van der Waals surface area (Å²) in [6.45, 7) is 7.18. The van der Waals surface area contributed by atoms with E-state index in [9.17, 15) is 0 Å². The molecule has 0 radical (unpaired) electrons. The van der Waals surface area contributed by atoms with Gasteiger partial charge in [-0.05, 0) is 25.7 Å². The van der Waals surface area contributed by atoms with Crippen molar-refractivity contribution in [2.24, 2.45) is 10.9 Å². The summed E-state index contributed by atoms with van der Waals surface area (Å²) in [6, 6.07) is 0. The van der Waals surface area contributed by atoms with Crippen molar-refractivity contribution in [3.63, 3.8) is 0 Å². The number of alkyl halides is 1. The van der Waals surface area contributed by atoms with Crippen molar-refractivity contribution >= 4 is 22.1 Å². The summed E-state index contributed by atoms with van der Waals surface area (Å²) in [4.78, 5) is 4.45. The second-order valence-electron chi connectivity index (χ2n) is 3.85. The van der Waals surface area contributed by atoms with Crippen LogP contribution < -0.4 is 0 Å². The molecule has 0 amide bonds. The molecule has 0 aliphatic rings. The van der Waals surface area contributed by atoms with E-state index < -0.39 is 0 Å². The van der Waals surface area contributed by atoms with E-state index in [-0.39, 0.29) is 5.60 Å². The molecule has 14 heavy (non-hydrogen) atoms. The van der Waals surface area contributed by atoms with E-state index in [4.69, 9.17) is 4.74 Å². The van der Waals surface area contributed by atoms with Crippen LogP contribution in [0.1, 0.15) is 33.6 Å². The Kier molecular flexibility index (Phi) is 7.47. The van der Waals surface area contributed by atoms with Crippen molar-refractivity contribution in [3.05, 3.63) is 0 Å². The Morgan fingerprint density at radius 3 is 2.36 bits per heavy atom. The molecule has 84 valence electrons. The van der Waals surface area contributed by atoms with Gasteiger partial charge in [0.05, 0.1) is 12.1 Å². The fourth-order valence-corrected chi connectivity index (χ4v) is 1.46. The van der Waals surface area contributed by atoms with Gasteiger partial charge in [0.1, 0.15) is 0 Å². The van der Waals surface area contributed by atoms with E-state index in [0.29, 0.717) is 5.92 Å². The molecule has 0 fully saturated rings. The molecular formula is C11H22BrNO. The summed E-state index contributed by atoms with van der Waals surface area (Å²) in [5.74, 6) is 0.617. The fraction of sp³-hybridized carbons (Fsp3) is 0.909. The van der Waals surface area contributed by atoms with E-state index in [2.05, 4.69) is 47.9 Å². The minimum Gasteiger partial charge on any atom is -0.376 e. The molecule has 1 atom stereocenters. The SMILES string of the molecule is CCC(C=NCC(C)(CBr)OC)CC. The summed E-state index contributed by atoms with van der Waals surface area (Å²) >= 11 is 3.43. The molecule has 0 bridgehead atoms. The number of aliphatic imine (C=N–C) groups is 1. The number of hydrogen-bond donors (Lipinski definition) is 0. The van der Waals surface area contributed by atoms with Crippen molar-refractivity contribution in [2.75, 3.05) is 19.0 Å². The van der Waals surface area contributed by atoms with E-state index in [0.717, 1.165) is 24.7 Å². The molecule has 0 aliphatic heterocycles. The number of rotatable bonds is 7. The van der Waals surface area contributed by atoms with Gasteiger partial charge in [0, 0.05) is 18.7 Å². The van der Waals surface area contributed by atoms with Gasteiger partial charge >= 0.3 is 0 Å². The highest BCUT2D eigenvalue weighted by molar-refractivity contribution is 9.09. The zero-order valence-corrected chi connectivity index (χ0v) is 11.3. The highest BCUT2D eigenvalue weighted by atomic mass is 79.9. The average Bonchev–Trinajstić information content (AvgIpc) is 2.24. The molecule has 0 aromatic carbocycles. The predicted octanol–water partition coefficient (Wildman–Crippen LogP) is 3.29. The molecule has 0 saturated heterocycles. The first kappa shape index (κ1) is 14.1. The van der Waals surface area contributed by atoms with Gasteiger partial charge in [0.25, 0.3) is 0 Å². The quantitative estimate of drug-likeness (QED) is 0.510. The largest absolute Gasteiger partial charge is 0.376 e. The molecule has 0 spiro atoms. The monoisotopic (exact) mass is 263 g/mol. The maximum absolute atomic E-state index is 5.38. The van der Waals surface area contributed by atoms with Crippen LogP contribution in [0.15, 0.2) is 4.99 Å². The summed E-state index contributed by atoms with van der Waals surface area (Å²) in [5, 5.41) is 0.816. The Hall–Kier alpha value is 0.110. The molecule has 0 rings (SSSR count). The lowest BCUT2D eigenvalue weighted by atomic mass is 10.1. The van der Waals surface area contributed by atoms with Crippen molar-refractivity contribution in [2.45, 2.75) is 39.2 Å². The standard InChI is InChI=1S/C11H22BrNO/c1-5-10(6-2)7-13-9-11(3,8-12)14-4/h7,10H,5-6,8-9H2,1-4H3. The molecule has 0 saturated carbocycles. The van der Waals surface area contributed by atoms with Crippen LogP contribution in [0.2, 0.25) is 0 Å². The van der Waals surface area contributed by atoms with Crippen molar-refractivity contribution in [1.29, 1.82) is 0 Å². The van der Waals surface area contributed by atoms with Gasteiger partial charge in [-0.2, -0.15) is 0 Å². The van der Waals surface area contributed by atoms with Gasteiger partial charge in [-0.15, -0.1) is 0 Å². The summed E-state index contributed by atoms with van der Waals surface area (Å²) < 4.78 is 5.38. The molecule has 0 heterocycles. The Balaban J connectivity index is 4.01. The number of ether oxygens (including phenoxy) is 1. The van der Waals surface area contributed by atoms with Crippen LogP contribution >= 0.6 is 15.9 Å². The first-order valence-corrected chi connectivity index (χ1v) is 6.35. The van der Waals surface area contributed by atoms with E-state index in [1.54, 1.807) is 7.11 Å². The molecule has 0 N–H and O–H groups in total. The Morgan fingerprint density at radius 1 is 1.43 bits per heavy atom. The first-order valence-electron chi connectivity index (χ1n) is 5.23. The van der Waals surface area contributed by atoms with Crippen molar-refractivity contribution in [1.82, 2.24) is 0 Å². The summed E-state index contributed by atoms with van der Waals surface area (Å²) in [7, 11) is 1.73. The number of nitrogens with zero attached hydrogens (tertiary/aromatic N) is 1. The normalized spacial score (nSPS) is 16.4. The first-order chi connectivity index (χ1) is 6.61. The second-order valence-corrected chi connectivity index (χ2v) is 4.41.